The molecule has 3 N–H and O–H groups in total. The van der Waals surface area contributed by atoms with Gasteiger partial charge in [-0.15, -0.1) is 24.8 Å². The van der Waals surface area contributed by atoms with Crippen molar-refractivity contribution in [2.24, 2.45) is 5.73 Å². The summed E-state index contributed by atoms with van der Waals surface area (Å²) in [6, 6.07) is 7.87. The van der Waals surface area contributed by atoms with Crippen molar-refractivity contribution >= 4 is 30.7 Å². The fraction of sp³-hybridized carbons (Fsp3) is 0.533. The van der Waals surface area contributed by atoms with E-state index in [-0.39, 0.29) is 30.7 Å². The Labute approximate surface area is 144 Å². The van der Waals surface area contributed by atoms with Crippen LogP contribution in [0.15, 0.2) is 24.3 Å². The van der Waals surface area contributed by atoms with Crippen LogP contribution in [0.2, 0.25) is 0 Å². The first kappa shape index (κ1) is 21.1. The molecule has 1 amide bonds. The average molecular weight is 350 g/mol. The standard InChI is InChI=1S/C15H23N3O2.2ClH/c1-12(16)15(19)17-10-13-2-4-14(5-3-13)11-18-6-8-20-9-7-18;;/h2-5,12H,6-11,16H2,1H3,(H,17,19);2*1H/t12-;;/m1../s1. The molecule has 1 fully saturated rings. The van der Waals surface area contributed by atoms with Gasteiger partial charge in [0, 0.05) is 26.2 Å². The van der Waals surface area contributed by atoms with E-state index < -0.39 is 6.04 Å². The lowest BCUT2D eigenvalue weighted by Crippen LogP contribution is -2.37. The molecule has 0 aromatic heterocycles. The average Bonchev–Trinajstić information content (AvgIpc) is 2.47. The summed E-state index contributed by atoms with van der Waals surface area (Å²) in [6.07, 6.45) is 0. The highest BCUT2D eigenvalue weighted by atomic mass is 35.5. The number of nitrogens with zero attached hydrogens (tertiary/aromatic N) is 1. The zero-order valence-electron chi connectivity index (χ0n) is 12.8. The first-order valence-corrected chi connectivity index (χ1v) is 7.06. The van der Waals surface area contributed by atoms with Gasteiger partial charge in [0.25, 0.3) is 0 Å². The van der Waals surface area contributed by atoms with Crippen molar-refractivity contribution in [3.63, 3.8) is 0 Å². The maximum atomic E-state index is 11.4. The van der Waals surface area contributed by atoms with Gasteiger partial charge in [0.1, 0.15) is 0 Å². The molecule has 126 valence electrons. The summed E-state index contributed by atoms with van der Waals surface area (Å²) in [7, 11) is 0. The summed E-state index contributed by atoms with van der Waals surface area (Å²) in [5, 5.41) is 2.81. The lowest BCUT2D eigenvalue weighted by molar-refractivity contribution is -0.122. The van der Waals surface area contributed by atoms with Gasteiger partial charge in [-0.3, -0.25) is 9.69 Å². The Kier molecular flexibility index (Phi) is 10.4. The van der Waals surface area contributed by atoms with Gasteiger partial charge in [-0.1, -0.05) is 24.3 Å². The van der Waals surface area contributed by atoms with Crippen molar-refractivity contribution in [1.29, 1.82) is 0 Å². The molecule has 1 aromatic carbocycles. The van der Waals surface area contributed by atoms with Gasteiger partial charge in [0.05, 0.1) is 19.3 Å². The second-order valence-electron chi connectivity index (χ2n) is 5.21. The van der Waals surface area contributed by atoms with Gasteiger partial charge < -0.3 is 15.8 Å². The molecule has 1 aromatic rings. The fourth-order valence-electron chi connectivity index (χ4n) is 2.13. The molecule has 1 aliphatic heterocycles. The predicted octanol–water partition coefficient (Wildman–Crippen LogP) is 1.33. The van der Waals surface area contributed by atoms with Crippen molar-refractivity contribution in [3.8, 4) is 0 Å². The first-order valence-electron chi connectivity index (χ1n) is 7.06. The number of ether oxygens (including phenoxy) is 1. The summed E-state index contributed by atoms with van der Waals surface area (Å²) in [4.78, 5) is 13.8. The fourth-order valence-corrected chi connectivity index (χ4v) is 2.13. The Bertz CT molecular complexity index is 435. The number of carbonyl (C=O) groups is 1. The molecule has 1 aliphatic rings. The van der Waals surface area contributed by atoms with Gasteiger partial charge in [-0.25, -0.2) is 0 Å². The highest BCUT2D eigenvalue weighted by Crippen LogP contribution is 2.09. The van der Waals surface area contributed by atoms with E-state index in [0.29, 0.717) is 6.54 Å². The molecule has 0 aliphatic carbocycles. The number of rotatable bonds is 5. The second-order valence-corrected chi connectivity index (χ2v) is 5.21. The Balaban J connectivity index is 0.00000220. The molecule has 0 radical (unpaired) electrons. The molecule has 7 heteroatoms. The van der Waals surface area contributed by atoms with Crippen LogP contribution < -0.4 is 11.1 Å². The Morgan fingerprint density at radius 1 is 1.23 bits per heavy atom. The van der Waals surface area contributed by atoms with Crippen LogP contribution >= 0.6 is 24.8 Å². The van der Waals surface area contributed by atoms with E-state index in [4.69, 9.17) is 10.5 Å². The monoisotopic (exact) mass is 349 g/mol. The number of benzene rings is 1. The lowest BCUT2D eigenvalue weighted by atomic mass is 10.1. The highest BCUT2D eigenvalue weighted by molar-refractivity contribution is 5.85. The Morgan fingerprint density at radius 2 is 1.77 bits per heavy atom. The second kappa shape index (κ2) is 10.8. The van der Waals surface area contributed by atoms with Gasteiger partial charge in [-0.2, -0.15) is 0 Å². The zero-order valence-corrected chi connectivity index (χ0v) is 14.4. The van der Waals surface area contributed by atoms with E-state index in [2.05, 4.69) is 34.5 Å². The van der Waals surface area contributed by atoms with Crippen LogP contribution in [-0.2, 0) is 22.6 Å². The van der Waals surface area contributed by atoms with Crippen molar-refractivity contribution in [2.75, 3.05) is 26.3 Å². The van der Waals surface area contributed by atoms with E-state index in [1.807, 2.05) is 0 Å². The van der Waals surface area contributed by atoms with Crippen LogP contribution in [0.1, 0.15) is 18.1 Å². The molecule has 0 unspecified atom stereocenters. The van der Waals surface area contributed by atoms with E-state index in [1.165, 1.54) is 5.56 Å². The van der Waals surface area contributed by atoms with Gasteiger partial charge in [0.15, 0.2) is 0 Å². The molecule has 1 atom stereocenters. The minimum atomic E-state index is -0.462. The zero-order chi connectivity index (χ0) is 14.4. The molecule has 1 saturated heterocycles. The highest BCUT2D eigenvalue weighted by Gasteiger charge is 2.10. The molecule has 0 bridgehead atoms. The summed E-state index contributed by atoms with van der Waals surface area (Å²) in [6.45, 7) is 6.79. The largest absolute Gasteiger partial charge is 0.379 e. The number of amides is 1. The molecule has 0 spiro atoms. The maximum Gasteiger partial charge on any atom is 0.236 e. The van der Waals surface area contributed by atoms with Gasteiger partial charge >= 0.3 is 0 Å². The van der Waals surface area contributed by atoms with E-state index in [0.717, 1.165) is 38.4 Å². The van der Waals surface area contributed by atoms with Crippen molar-refractivity contribution in [1.82, 2.24) is 10.2 Å². The SMILES string of the molecule is C[C@@H](N)C(=O)NCc1ccc(CN2CCOCC2)cc1.Cl.Cl. The first-order chi connectivity index (χ1) is 9.65. The number of nitrogens with two attached hydrogens (primary N) is 1. The quantitative estimate of drug-likeness (QED) is 0.841. The minimum Gasteiger partial charge on any atom is -0.379 e. The topological polar surface area (TPSA) is 67.6 Å². The van der Waals surface area contributed by atoms with Crippen molar-refractivity contribution < 1.29 is 9.53 Å². The van der Waals surface area contributed by atoms with Crippen LogP contribution in [0.25, 0.3) is 0 Å². The van der Waals surface area contributed by atoms with Crippen LogP contribution in [0.3, 0.4) is 0 Å². The lowest BCUT2D eigenvalue weighted by Gasteiger charge is -2.26. The summed E-state index contributed by atoms with van der Waals surface area (Å²) in [5.74, 6) is -0.123. The third kappa shape index (κ3) is 6.94. The van der Waals surface area contributed by atoms with E-state index in [9.17, 15) is 4.79 Å². The summed E-state index contributed by atoms with van der Waals surface area (Å²) >= 11 is 0. The Morgan fingerprint density at radius 3 is 2.32 bits per heavy atom. The third-order valence-corrected chi connectivity index (χ3v) is 3.41. The molecule has 22 heavy (non-hydrogen) atoms. The van der Waals surface area contributed by atoms with E-state index >= 15 is 0 Å². The molecular weight excluding hydrogens is 325 g/mol. The minimum absolute atomic E-state index is 0. The summed E-state index contributed by atoms with van der Waals surface area (Å²) in [5.41, 5.74) is 7.87. The number of hydrogen-bond donors (Lipinski definition) is 2. The van der Waals surface area contributed by atoms with Gasteiger partial charge in [0.2, 0.25) is 5.91 Å². The van der Waals surface area contributed by atoms with Crippen LogP contribution in [0.5, 0.6) is 0 Å². The summed E-state index contributed by atoms with van der Waals surface area (Å²) < 4.78 is 5.34. The van der Waals surface area contributed by atoms with Crippen molar-refractivity contribution in [3.05, 3.63) is 35.4 Å². The van der Waals surface area contributed by atoms with E-state index in [1.54, 1.807) is 6.92 Å². The smallest absolute Gasteiger partial charge is 0.236 e. The number of hydrogen-bond acceptors (Lipinski definition) is 4. The van der Waals surface area contributed by atoms with Crippen LogP contribution in [0.4, 0.5) is 0 Å². The molecule has 5 nitrogen and oxygen atoms in total. The molecular formula is C15H25Cl2N3O2. The third-order valence-electron chi connectivity index (χ3n) is 3.41. The molecule has 1 heterocycles. The van der Waals surface area contributed by atoms with Gasteiger partial charge in [-0.05, 0) is 18.1 Å². The number of carbonyl (C=O) groups excluding carboxylic acids is 1. The molecule has 2 rings (SSSR count). The maximum absolute atomic E-state index is 11.4. The van der Waals surface area contributed by atoms with Crippen LogP contribution in [-0.4, -0.2) is 43.2 Å². The Hall–Kier alpha value is -0.850. The predicted molar refractivity (Wildman–Crippen MR) is 92.5 cm³/mol. The number of nitrogens with one attached hydrogen (secondary N) is 1. The number of morpholine rings is 1. The van der Waals surface area contributed by atoms with Crippen molar-refractivity contribution in [2.45, 2.75) is 26.1 Å². The molecule has 0 saturated carbocycles. The van der Waals surface area contributed by atoms with Crippen LogP contribution in [0, 0.1) is 0 Å². The number of halogens is 2. The normalized spacial score (nSPS) is 16.1.